The molecule has 0 heterocycles. The molecule has 19 heavy (non-hydrogen) atoms. The fourth-order valence-corrected chi connectivity index (χ4v) is 1.53. The van der Waals surface area contributed by atoms with E-state index in [1.165, 1.54) is 24.1 Å². The van der Waals surface area contributed by atoms with Crippen LogP contribution in [0, 0.1) is 0 Å². The Morgan fingerprint density at radius 2 is 1.79 bits per heavy atom. The van der Waals surface area contributed by atoms with Crippen molar-refractivity contribution in [2.45, 2.75) is 13.3 Å². The summed E-state index contributed by atoms with van der Waals surface area (Å²) in [4.78, 5) is 24.5. The van der Waals surface area contributed by atoms with Crippen LogP contribution in [-0.2, 0) is 9.53 Å². The zero-order valence-corrected chi connectivity index (χ0v) is 10.9. The first-order valence-electron chi connectivity index (χ1n) is 5.88. The van der Waals surface area contributed by atoms with E-state index in [9.17, 15) is 19.8 Å². The molecular formula is C13H17NO5. The molecule has 0 spiro atoms. The number of carbonyl (C=O) groups is 2. The van der Waals surface area contributed by atoms with Crippen molar-refractivity contribution in [2.24, 2.45) is 0 Å². The van der Waals surface area contributed by atoms with Crippen molar-refractivity contribution in [3.8, 4) is 11.5 Å². The number of aromatic hydroxyl groups is 2. The molecule has 1 aromatic rings. The van der Waals surface area contributed by atoms with Crippen LogP contribution in [0.4, 0.5) is 0 Å². The average molecular weight is 267 g/mol. The van der Waals surface area contributed by atoms with E-state index < -0.39 is 5.91 Å². The zero-order chi connectivity index (χ0) is 14.4. The minimum atomic E-state index is -0.393. The van der Waals surface area contributed by atoms with Gasteiger partial charge in [-0.3, -0.25) is 9.59 Å². The van der Waals surface area contributed by atoms with Gasteiger partial charge in [0.05, 0.1) is 13.0 Å². The average Bonchev–Trinajstić information content (AvgIpc) is 2.34. The Morgan fingerprint density at radius 3 is 2.32 bits per heavy atom. The smallest absolute Gasteiger partial charge is 0.307 e. The van der Waals surface area contributed by atoms with Crippen LogP contribution >= 0.6 is 0 Å². The Hall–Kier alpha value is -2.24. The molecule has 0 unspecified atom stereocenters. The van der Waals surface area contributed by atoms with Crippen LogP contribution < -0.4 is 0 Å². The number of rotatable bonds is 5. The molecule has 0 radical (unpaired) electrons. The molecule has 0 aliphatic rings. The van der Waals surface area contributed by atoms with Crippen molar-refractivity contribution in [3.63, 3.8) is 0 Å². The predicted molar refractivity (Wildman–Crippen MR) is 68.0 cm³/mol. The summed E-state index contributed by atoms with van der Waals surface area (Å²) in [5, 5.41) is 18.6. The maximum atomic E-state index is 12.0. The van der Waals surface area contributed by atoms with Crippen LogP contribution in [0.25, 0.3) is 0 Å². The third-order valence-electron chi connectivity index (χ3n) is 2.45. The second-order valence-corrected chi connectivity index (χ2v) is 4.02. The number of hydrogen-bond donors (Lipinski definition) is 2. The molecule has 0 saturated heterocycles. The van der Waals surface area contributed by atoms with E-state index in [0.717, 1.165) is 6.07 Å². The van der Waals surface area contributed by atoms with E-state index in [2.05, 4.69) is 0 Å². The summed E-state index contributed by atoms with van der Waals surface area (Å²) >= 11 is 0. The number of benzene rings is 1. The van der Waals surface area contributed by atoms with Crippen molar-refractivity contribution in [3.05, 3.63) is 23.8 Å². The van der Waals surface area contributed by atoms with Gasteiger partial charge in [-0.1, -0.05) is 0 Å². The van der Waals surface area contributed by atoms with E-state index in [-0.39, 0.29) is 36.0 Å². The molecular weight excluding hydrogens is 250 g/mol. The number of carbonyl (C=O) groups excluding carboxylic acids is 2. The second-order valence-electron chi connectivity index (χ2n) is 4.02. The number of phenolic OH excluding ortho intramolecular Hbond substituents is 2. The van der Waals surface area contributed by atoms with Crippen LogP contribution in [0.3, 0.4) is 0 Å². The monoisotopic (exact) mass is 267 g/mol. The van der Waals surface area contributed by atoms with Gasteiger partial charge < -0.3 is 19.8 Å². The number of ether oxygens (including phenoxy) is 1. The van der Waals surface area contributed by atoms with E-state index >= 15 is 0 Å². The fourth-order valence-electron chi connectivity index (χ4n) is 1.53. The molecule has 0 saturated carbocycles. The van der Waals surface area contributed by atoms with Gasteiger partial charge in [-0.2, -0.15) is 0 Å². The highest BCUT2D eigenvalue weighted by Gasteiger charge is 2.15. The number of nitrogens with zero attached hydrogens (tertiary/aromatic N) is 1. The lowest BCUT2D eigenvalue weighted by Gasteiger charge is -2.16. The second kappa shape index (κ2) is 6.63. The van der Waals surface area contributed by atoms with Crippen LogP contribution in [0.15, 0.2) is 18.2 Å². The number of amides is 1. The maximum Gasteiger partial charge on any atom is 0.307 e. The normalized spacial score (nSPS) is 10.0. The number of phenols is 2. The van der Waals surface area contributed by atoms with E-state index in [1.807, 2.05) is 0 Å². The topological polar surface area (TPSA) is 87.1 Å². The molecule has 1 amide bonds. The number of esters is 1. The highest BCUT2D eigenvalue weighted by molar-refractivity contribution is 5.95. The molecule has 0 fully saturated rings. The molecule has 0 aliphatic carbocycles. The van der Waals surface area contributed by atoms with E-state index in [1.54, 1.807) is 6.92 Å². The lowest BCUT2D eigenvalue weighted by atomic mass is 10.1. The molecule has 0 aliphatic heterocycles. The minimum absolute atomic E-state index is 0.0981. The quantitative estimate of drug-likeness (QED) is 0.781. The van der Waals surface area contributed by atoms with Crippen molar-refractivity contribution < 1.29 is 24.5 Å². The lowest BCUT2D eigenvalue weighted by molar-refractivity contribution is -0.143. The number of hydrogen-bond acceptors (Lipinski definition) is 5. The molecule has 104 valence electrons. The van der Waals surface area contributed by atoms with Crippen molar-refractivity contribution in [2.75, 3.05) is 20.2 Å². The third kappa shape index (κ3) is 4.50. The summed E-state index contributed by atoms with van der Waals surface area (Å²) in [6, 6.07) is 3.64. The Morgan fingerprint density at radius 1 is 1.21 bits per heavy atom. The van der Waals surface area contributed by atoms with Gasteiger partial charge in [-0.15, -0.1) is 0 Å². The molecule has 1 aromatic carbocycles. The van der Waals surface area contributed by atoms with Gasteiger partial charge in [-0.25, -0.2) is 0 Å². The van der Waals surface area contributed by atoms with Gasteiger partial charge in [0.25, 0.3) is 5.91 Å². The van der Waals surface area contributed by atoms with Gasteiger partial charge in [-0.05, 0) is 19.1 Å². The molecule has 6 heteroatoms. The zero-order valence-electron chi connectivity index (χ0n) is 10.9. The van der Waals surface area contributed by atoms with Crippen LogP contribution in [0.5, 0.6) is 11.5 Å². The molecule has 6 nitrogen and oxygen atoms in total. The first-order chi connectivity index (χ1) is 8.93. The van der Waals surface area contributed by atoms with Gasteiger partial charge >= 0.3 is 5.97 Å². The van der Waals surface area contributed by atoms with Gasteiger partial charge in [0.1, 0.15) is 11.5 Å². The predicted octanol–water partition coefficient (Wildman–Crippen LogP) is 1.12. The standard InChI is InChI=1S/C13H17NO5/c1-3-19-12(17)4-5-14(2)13(18)9-6-10(15)8-11(16)7-9/h6-8,15-16H,3-5H2,1-2H3. The lowest BCUT2D eigenvalue weighted by Crippen LogP contribution is -2.29. The van der Waals surface area contributed by atoms with Crippen molar-refractivity contribution in [1.82, 2.24) is 4.90 Å². The fraction of sp³-hybridized carbons (Fsp3) is 0.385. The van der Waals surface area contributed by atoms with Crippen LogP contribution in [0.2, 0.25) is 0 Å². The third-order valence-corrected chi connectivity index (χ3v) is 2.45. The van der Waals surface area contributed by atoms with Gasteiger partial charge in [0, 0.05) is 25.2 Å². The Labute approximate surface area is 111 Å². The Balaban J connectivity index is 2.63. The molecule has 0 aromatic heterocycles. The summed E-state index contributed by atoms with van der Waals surface area (Å²) in [7, 11) is 1.53. The van der Waals surface area contributed by atoms with Crippen molar-refractivity contribution >= 4 is 11.9 Å². The van der Waals surface area contributed by atoms with Crippen LogP contribution in [-0.4, -0.2) is 47.2 Å². The van der Waals surface area contributed by atoms with E-state index in [0.29, 0.717) is 6.61 Å². The van der Waals surface area contributed by atoms with Gasteiger partial charge in [0.15, 0.2) is 0 Å². The van der Waals surface area contributed by atoms with Crippen LogP contribution in [0.1, 0.15) is 23.7 Å². The molecule has 1 rings (SSSR count). The Bertz CT molecular complexity index is 452. The summed E-state index contributed by atoms with van der Waals surface area (Å²) < 4.78 is 4.76. The first-order valence-corrected chi connectivity index (χ1v) is 5.88. The molecule has 2 N–H and O–H groups in total. The maximum absolute atomic E-state index is 12.0. The van der Waals surface area contributed by atoms with E-state index in [4.69, 9.17) is 4.74 Å². The summed E-state index contributed by atoms with van der Waals surface area (Å²) in [5.41, 5.74) is 0.156. The van der Waals surface area contributed by atoms with Crippen molar-refractivity contribution in [1.29, 1.82) is 0 Å². The highest BCUT2D eigenvalue weighted by atomic mass is 16.5. The molecule has 0 atom stereocenters. The Kier molecular flexibility index (Phi) is 5.17. The summed E-state index contributed by atoms with van der Waals surface area (Å²) in [6.45, 7) is 2.22. The summed E-state index contributed by atoms with van der Waals surface area (Å²) in [5.74, 6) is -1.15. The molecule has 0 bridgehead atoms. The summed E-state index contributed by atoms with van der Waals surface area (Å²) in [6.07, 6.45) is 0.0981. The largest absolute Gasteiger partial charge is 0.508 e. The highest BCUT2D eigenvalue weighted by Crippen LogP contribution is 2.21. The SMILES string of the molecule is CCOC(=O)CCN(C)C(=O)c1cc(O)cc(O)c1. The first kappa shape index (κ1) is 14.8. The van der Waals surface area contributed by atoms with Gasteiger partial charge in [0.2, 0.25) is 0 Å². The minimum Gasteiger partial charge on any atom is -0.508 e.